The molecule has 1 heteroatoms. The van der Waals surface area contributed by atoms with Gasteiger partial charge >= 0.3 is 0 Å². The Balaban J connectivity index is 2.95. The van der Waals surface area contributed by atoms with Crippen LogP contribution in [0.3, 0.4) is 0 Å². The second-order valence-corrected chi connectivity index (χ2v) is 2.76. The van der Waals surface area contributed by atoms with Gasteiger partial charge < -0.3 is 4.74 Å². The van der Waals surface area contributed by atoms with E-state index in [1.807, 2.05) is 0 Å². The van der Waals surface area contributed by atoms with Crippen LogP contribution in [-0.2, 0) is 4.74 Å². The first-order valence-corrected chi connectivity index (χ1v) is 4.32. The Bertz CT molecular complexity index is 97.0. The van der Waals surface area contributed by atoms with Gasteiger partial charge in [0.25, 0.3) is 0 Å². The standard InChI is InChI=1S/C10H19O/c1-4-5-6-7-8-9-10(2)11-3/h1-2,4-9H2,3H3. The average molecular weight is 155 g/mol. The number of unbranched alkanes of at least 4 members (excludes halogenated alkanes) is 4. The van der Waals surface area contributed by atoms with Crippen molar-refractivity contribution >= 4 is 0 Å². The van der Waals surface area contributed by atoms with Crippen LogP contribution in [0.25, 0.3) is 0 Å². The number of allylic oxidation sites excluding steroid dienone is 1. The summed E-state index contributed by atoms with van der Waals surface area (Å²) >= 11 is 0. The predicted molar refractivity (Wildman–Crippen MR) is 49.2 cm³/mol. The van der Waals surface area contributed by atoms with E-state index in [2.05, 4.69) is 13.5 Å². The highest BCUT2D eigenvalue weighted by molar-refractivity contribution is 4.80. The number of hydrogen-bond donors (Lipinski definition) is 0. The molecular formula is C10H19O. The highest BCUT2D eigenvalue weighted by Gasteiger charge is 1.92. The van der Waals surface area contributed by atoms with Gasteiger partial charge in [-0.3, -0.25) is 0 Å². The summed E-state index contributed by atoms with van der Waals surface area (Å²) in [7, 11) is 1.68. The number of hydrogen-bond acceptors (Lipinski definition) is 1. The lowest BCUT2D eigenvalue weighted by molar-refractivity contribution is 0.276. The second-order valence-electron chi connectivity index (χ2n) is 2.76. The Labute approximate surface area is 70.4 Å². The van der Waals surface area contributed by atoms with E-state index in [1.54, 1.807) is 7.11 Å². The Morgan fingerprint density at radius 3 is 2.36 bits per heavy atom. The summed E-state index contributed by atoms with van der Waals surface area (Å²) in [6.07, 6.45) is 7.09. The van der Waals surface area contributed by atoms with E-state index in [1.165, 1.54) is 25.7 Å². The Kier molecular flexibility index (Phi) is 7.33. The van der Waals surface area contributed by atoms with E-state index in [0.29, 0.717) is 0 Å². The van der Waals surface area contributed by atoms with Gasteiger partial charge in [-0.1, -0.05) is 39.2 Å². The zero-order valence-electron chi connectivity index (χ0n) is 7.57. The molecule has 0 N–H and O–H groups in total. The first kappa shape index (κ1) is 10.5. The quantitative estimate of drug-likeness (QED) is 0.405. The maximum atomic E-state index is 4.95. The molecule has 0 unspecified atom stereocenters. The molecule has 0 atom stereocenters. The van der Waals surface area contributed by atoms with Crippen molar-refractivity contribution in [2.45, 2.75) is 38.5 Å². The molecule has 0 aliphatic carbocycles. The van der Waals surface area contributed by atoms with Crippen molar-refractivity contribution in [2.24, 2.45) is 0 Å². The summed E-state index contributed by atoms with van der Waals surface area (Å²) in [5, 5.41) is 0. The summed E-state index contributed by atoms with van der Waals surface area (Å²) in [6, 6.07) is 0. The molecular weight excluding hydrogens is 136 g/mol. The van der Waals surface area contributed by atoms with Gasteiger partial charge in [0.15, 0.2) is 0 Å². The molecule has 0 saturated heterocycles. The minimum Gasteiger partial charge on any atom is -0.502 e. The summed E-state index contributed by atoms with van der Waals surface area (Å²) < 4.78 is 4.95. The zero-order chi connectivity index (χ0) is 8.53. The molecule has 0 saturated carbocycles. The van der Waals surface area contributed by atoms with Crippen LogP contribution in [0.2, 0.25) is 0 Å². The molecule has 0 fully saturated rings. The van der Waals surface area contributed by atoms with Crippen molar-refractivity contribution in [1.82, 2.24) is 0 Å². The van der Waals surface area contributed by atoms with Gasteiger partial charge in [-0.25, -0.2) is 0 Å². The molecule has 0 aliphatic rings. The monoisotopic (exact) mass is 155 g/mol. The van der Waals surface area contributed by atoms with Gasteiger partial charge in [-0.2, -0.15) is 0 Å². The summed E-state index contributed by atoms with van der Waals surface area (Å²) in [6.45, 7) is 7.55. The lowest BCUT2D eigenvalue weighted by Crippen LogP contribution is -1.85. The predicted octanol–water partition coefficient (Wildman–Crippen LogP) is 3.32. The van der Waals surface area contributed by atoms with Crippen molar-refractivity contribution in [2.75, 3.05) is 7.11 Å². The smallest absolute Gasteiger partial charge is 0.0883 e. The van der Waals surface area contributed by atoms with E-state index in [-0.39, 0.29) is 0 Å². The molecule has 0 spiro atoms. The summed E-state index contributed by atoms with van der Waals surface area (Å²) in [4.78, 5) is 0. The van der Waals surface area contributed by atoms with E-state index >= 15 is 0 Å². The third-order valence-electron chi connectivity index (χ3n) is 1.74. The van der Waals surface area contributed by atoms with Crippen LogP contribution in [0.4, 0.5) is 0 Å². The first-order chi connectivity index (χ1) is 5.31. The van der Waals surface area contributed by atoms with Crippen LogP contribution in [0.5, 0.6) is 0 Å². The van der Waals surface area contributed by atoms with Crippen LogP contribution >= 0.6 is 0 Å². The first-order valence-electron chi connectivity index (χ1n) is 4.32. The Morgan fingerprint density at radius 2 is 1.82 bits per heavy atom. The molecule has 0 aromatic heterocycles. The van der Waals surface area contributed by atoms with E-state index < -0.39 is 0 Å². The molecule has 0 aromatic rings. The molecule has 1 nitrogen and oxygen atoms in total. The molecule has 1 radical (unpaired) electrons. The minimum atomic E-state index is 0.902. The average Bonchev–Trinajstić information content (AvgIpc) is 2.04. The van der Waals surface area contributed by atoms with Crippen LogP contribution in [0, 0.1) is 6.92 Å². The van der Waals surface area contributed by atoms with Crippen LogP contribution < -0.4 is 0 Å². The summed E-state index contributed by atoms with van der Waals surface area (Å²) in [5.41, 5.74) is 0. The Morgan fingerprint density at radius 1 is 1.18 bits per heavy atom. The van der Waals surface area contributed by atoms with Crippen LogP contribution in [0.15, 0.2) is 12.3 Å². The minimum absolute atomic E-state index is 0.902. The SMILES string of the molecule is [CH2]CCCCCCC(=C)OC. The molecule has 0 amide bonds. The van der Waals surface area contributed by atoms with Crippen LogP contribution in [-0.4, -0.2) is 7.11 Å². The zero-order valence-corrected chi connectivity index (χ0v) is 7.57. The number of rotatable bonds is 7. The fourth-order valence-corrected chi connectivity index (χ4v) is 0.955. The molecule has 11 heavy (non-hydrogen) atoms. The fraction of sp³-hybridized carbons (Fsp3) is 0.700. The normalized spacial score (nSPS) is 9.64. The van der Waals surface area contributed by atoms with Crippen molar-refractivity contribution < 1.29 is 4.74 Å². The molecule has 0 bridgehead atoms. The third kappa shape index (κ3) is 7.44. The van der Waals surface area contributed by atoms with Gasteiger partial charge in [0, 0.05) is 6.42 Å². The Hall–Kier alpha value is -0.460. The van der Waals surface area contributed by atoms with E-state index in [0.717, 1.165) is 18.6 Å². The van der Waals surface area contributed by atoms with Gasteiger partial charge in [0.1, 0.15) is 0 Å². The van der Waals surface area contributed by atoms with Gasteiger partial charge in [0.05, 0.1) is 12.9 Å². The molecule has 65 valence electrons. The number of methoxy groups -OCH3 is 1. The van der Waals surface area contributed by atoms with Crippen LogP contribution in [0.1, 0.15) is 38.5 Å². The van der Waals surface area contributed by atoms with Crippen molar-refractivity contribution in [3.63, 3.8) is 0 Å². The fourth-order valence-electron chi connectivity index (χ4n) is 0.955. The molecule has 0 heterocycles. The summed E-state index contributed by atoms with van der Waals surface area (Å²) in [5.74, 6) is 0.902. The highest BCUT2D eigenvalue weighted by Crippen LogP contribution is 2.09. The third-order valence-corrected chi connectivity index (χ3v) is 1.74. The molecule has 0 aliphatic heterocycles. The topological polar surface area (TPSA) is 9.23 Å². The van der Waals surface area contributed by atoms with Crippen molar-refractivity contribution in [3.05, 3.63) is 19.3 Å². The maximum Gasteiger partial charge on any atom is 0.0883 e. The van der Waals surface area contributed by atoms with Gasteiger partial charge in [-0.15, -0.1) is 0 Å². The highest BCUT2D eigenvalue weighted by atomic mass is 16.5. The van der Waals surface area contributed by atoms with Crippen molar-refractivity contribution in [1.29, 1.82) is 0 Å². The van der Waals surface area contributed by atoms with E-state index in [4.69, 9.17) is 4.74 Å². The lowest BCUT2D eigenvalue weighted by Gasteiger charge is -2.02. The number of ether oxygens (including phenoxy) is 1. The van der Waals surface area contributed by atoms with Gasteiger partial charge in [-0.05, 0) is 6.42 Å². The molecule has 0 rings (SSSR count). The molecule has 0 aromatic carbocycles. The van der Waals surface area contributed by atoms with Crippen molar-refractivity contribution in [3.8, 4) is 0 Å². The maximum absolute atomic E-state index is 4.95. The second kappa shape index (κ2) is 7.64. The van der Waals surface area contributed by atoms with Gasteiger partial charge in [0.2, 0.25) is 0 Å². The lowest BCUT2D eigenvalue weighted by atomic mass is 10.1. The largest absolute Gasteiger partial charge is 0.502 e. The van der Waals surface area contributed by atoms with E-state index in [9.17, 15) is 0 Å².